The molecular formula is C25H24NO9P+2. The molecule has 186 valence electrons. The molecule has 0 aliphatic heterocycles. The number of ether oxygens (including phenoxy) is 2. The van der Waals surface area contributed by atoms with Crippen LogP contribution in [0.25, 0.3) is 21.8 Å². The van der Waals surface area contributed by atoms with E-state index in [0.717, 1.165) is 0 Å². The average Bonchev–Trinajstić information content (AvgIpc) is 2.79. The van der Waals surface area contributed by atoms with Gasteiger partial charge < -0.3 is 14.6 Å². The highest BCUT2D eigenvalue weighted by atomic mass is 31.2. The van der Waals surface area contributed by atoms with Crippen LogP contribution in [-0.2, 0) is 7.05 Å². The van der Waals surface area contributed by atoms with E-state index in [4.69, 9.17) is 14.0 Å². The number of carboxylic acid groups (broad SMARTS) is 1. The van der Waals surface area contributed by atoms with Crippen molar-refractivity contribution in [1.29, 1.82) is 0 Å². The fraction of sp³-hybridized carbons (Fsp3) is 0.160. The number of pyridine rings is 1. The molecule has 4 aromatic rings. The summed E-state index contributed by atoms with van der Waals surface area (Å²) in [6.45, 7) is 3.29. The molecule has 0 atom stereocenters. The Morgan fingerprint density at radius 2 is 1.39 bits per heavy atom. The Morgan fingerprint density at radius 3 is 1.89 bits per heavy atom. The number of hydrogen-bond acceptors (Lipinski definition) is 8. The summed E-state index contributed by atoms with van der Waals surface area (Å²) in [7, 11) is -1.30. The number of methoxy groups -OCH3 is 1. The van der Waals surface area contributed by atoms with Gasteiger partial charge in [0, 0.05) is 18.2 Å². The van der Waals surface area contributed by atoms with Gasteiger partial charge in [-0.1, -0.05) is 0 Å². The van der Waals surface area contributed by atoms with Crippen LogP contribution in [0.3, 0.4) is 0 Å². The molecule has 0 saturated carbocycles. The van der Waals surface area contributed by atoms with E-state index in [1.165, 1.54) is 31.4 Å². The summed E-state index contributed by atoms with van der Waals surface area (Å²) in [6, 6.07) is 12.5. The summed E-state index contributed by atoms with van der Waals surface area (Å²) in [5.41, 5.74) is 2.43. The highest BCUT2D eigenvalue weighted by molar-refractivity contribution is 7.53. The van der Waals surface area contributed by atoms with Crippen LogP contribution in [0.5, 0.6) is 17.2 Å². The van der Waals surface area contributed by atoms with Crippen molar-refractivity contribution in [3.8, 4) is 17.2 Å². The van der Waals surface area contributed by atoms with Gasteiger partial charge in [0.1, 0.15) is 18.5 Å². The zero-order valence-corrected chi connectivity index (χ0v) is 20.7. The maximum absolute atomic E-state index is 13.7. The Labute approximate surface area is 206 Å². The largest absolute Gasteiger partial charge is 0.613 e. The van der Waals surface area contributed by atoms with Gasteiger partial charge in [0.2, 0.25) is 11.0 Å². The molecular weight excluding hydrogens is 489 g/mol. The topological polar surface area (TPSA) is 147 Å². The molecule has 0 aliphatic carbocycles. The van der Waals surface area contributed by atoms with Gasteiger partial charge in [0.25, 0.3) is 0 Å². The molecule has 0 unspecified atom stereocenters. The standard InChI is InChI=1S/C25H23NO9P/c1-13-9-15(24(27)28)10-14(2)23(13)34-25(29)22-18-11-16(33-4)5-7-20(18)26(3)21-8-6-17(12-19(21)22)35-36(30,31)32/h5-12,30-32H,1-4H3/q+1/p+1. The van der Waals surface area contributed by atoms with E-state index in [1.807, 2.05) is 4.57 Å². The Morgan fingerprint density at radius 1 is 0.861 bits per heavy atom. The van der Waals surface area contributed by atoms with Crippen LogP contribution in [0.1, 0.15) is 31.8 Å². The quantitative estimate of drug-likeness (QED) is 0.100. The van der Waals surface area contributed by atoms with Gasteiger partial charge in [0.05, 0.1) is 29.0 Å². The zero-order valence-electron chi connectivity index (χ0n) is 19.8. The summed E-state index contributed by atoms with van der Waals surface area (Å²) < 4.78 is 17.9. The van der Waals surface area contributed by atoms with Crippen molar-refractivity contribution in [2.45, 2.75) is 13.8 Å². The Balaban J connectivity index is 1.97. The highest BCUT2D eigenvalue weighted by Gasteiger charge is 2.35. The van der Waals surface area contributed by atoms with E-state index in [1.54, 1.807) is 45.2 Å². The molecule has 0 fully saturated rings. The van der Waals surface area contributed by atoms with Crippen LogP contribution in [-0.4, -0.2) is 38.8 Å². The minimum absolute atomic E-state index is 0.0715. The summed E-state index contributed by atoms with van der Waals surface area (Å²) in [5, 5.41) is 10.2. The van der Waals surface area contributed by atoms with Crippen molar-refractivity contribution >= 4 is 41.9 Å². The van der Waals surface area contributed by atoms with Crippen LogP contribution in [0.4, 0.5) is 0 Å². The lowest BCUT2D eigenvalue weighted by molar-refractivity contribution is -0.617. The van der Waals surface area contributed by atoms with Gasteiger partial charge in [0.15, 0.2) is 5.75 Å². The van der Waals surface area contributed by atoms with Crippen LogP contribution in [0.15, 0.2) is 48.5 Å². The molecule has 0 amide bonds. The Hall–Kier alpha value is -3.82. The van der Waals surface area contributed by atoms with Crippen LogP contribution in [0.2, 0.25) is 0 Å². The maximum atomic E-state index is 13.7. The van der Waals surface area contributed by atoms with Gasteiger partial charge in [-0.3, -0.25) is 4.52 Å². The molecule has 0 spiro atoms. The second kappa shape index (κ2) is 9.33. The lowest BCUT2D eigenvalue weighted by atomic mass is 10.0. The van der Waals surface area contributed by atoms with Crippen molar-refractivity contribution in [2.24, 2.45) is 7.05 Å². The number of hydrogen-bond donors (Lipinski definition) is 4. The van der Waals surface area contributed by atoms with Crippen molar-refractivity contribution < 1.29 is 47.9 Å². The van der Waals surface area contributed by atoms with Crippen LogP contribution >= 0.6 is 8.17 Å². The first-order valence-corrected chi connectivity index (χ1v) is 12.2. The van der Waals surface area contributed by atoms with Crippen LogP contribution < -0.4 is 18.6 Å². The molecule has 0 aliphatic rings. The molecule has 1 heterocycles. The van der Waals surface area contributed by atoms with Crippen molar-refractivity contribution in [2.75, 3.05) is 7.11 Å². The molecule has 36 heavy (non-hydrogen) atoms. The average molecular weight is 513 g/mol. The smallest absolute Gasteiger partial charge is 0.497 e. The van der Waals surface area contributed by atoms with Gasteiger partial charge >= 0.3 is 20.1 Å². The molecule has 0 saturated heterocycles. The third kappa shape index (κ3) is 4.80. The fourth-order valence-corrected chi connectivity index (χ4v) is 4.61. The first-order valence-electron chi connectivity index (χ1n) is 10.7. The van der Waals surface area contributed by atoms with Gasteiger partial charge in [-0.15, -0.1) is 0 Å². The molecule has 0 bridgehead atoms. The van der Waals surface area contributed by atoms with Crippen molar-refractivity contribution in [1.82, 2.24) is 0 Å². The number of aryl methyl sites for hydroxylation is 3. The molecule has 0 radical (unpaired) electrons. The highest BCUT2D eigenvalue weighted by Crippen LogP contribution is 2.46. The first-order chi connectivity index (χ1) is 16.9. The first kappa shape index (κ1) is 25.3. The molecule has 4 N–H and O–H groups in total. The van der Waals surface area contributed by atoms with E-state index in [-0.39, 0.29) is 22.6 Å². The molecule has 10 nitrogen and oxygen atoms in total. The van der Waals surface area contributed by atoms with E-state index in [9.17, 15) is 29.4 Å². The number of rotatable bonds is 6. The molecule has 1 aromatic heterocycles. The van der Waals surface area contributed by atoms with E-state index in [0.29, 0.717) is 38.7 Å². The lowest BCUT2D eigenvalue weighted by Gasteiger charge is -2.14. The molecule has 11 heteroatoms. The number of benzene rings is 3. The number of nitrogens with zero attached hydrogens (tertiary/aromatic N) is 1. The maximum Gasteiger partial charge on any atom is 0.613 e. The lowest BCUT2D eigenvalue weighted by Crippen LogP contribution is -2.31. The number of carbonyl (C=O) groups excluding carboxylic acids is 1. The number of carboxylic acids is 1. The number of aromatic carboxylic acids is 1. The zero-order chi connectivity index (χ0) is 26.4. The van der Waals surface area contributed by atoms with Crippen LogP contribution in [0, 0.1) is 13.8 Å². The third-order valence-corrected chi connectivity index (χ3v) is 6.22. The van der Waals surface area contributed by atoms with Crippen molar-refractivity contribution in [3.05, 3.63) is 70.8 Å². The number of esters is 1. The number of aromatic nitrogens is 1. The fourth-order valence-electron chi connectivity index (χ4n) is 4.21. The summed E-state index contributed by atoms with van der Waals surface area (Å²) in [4.78, 5) is 53.2. The summed E-state index contributed by atoms with van der Waals surface area (Å²) in [5.74, 6) is -1.18. The van der Waals surface area contributed by atoms with E-state index in [2.05, 4.69) is 0 Å². The predicted octanol–water partition coefficient (Wildman–Crippen LogP) is 3.39. The monoisotopic (exact) mass is 513 g/mol. The third-order valence-electron chi connectivity index (χ3n) is 5.77. The predicted molar refractivity (Wildman–Crippen MR) is 131 cm³/mol. The Bertz CT molecular complexity index is 1520. The minimum Gasteiger partial charge on any atom is -0.497 e. The SMILES string of the molecule is COc1ccc2c(c1)c(C(=O)Oc1c(C)cc(C(=O)O)cc1C)c1cc(O[P+](O)(O)O)ccc1[n+]2C. The second-order valence-corrected chi connectivity index (χ2v) is 9.44. The van der Waals surface area contributed by atoms with E-state index >= 15 is 0 Å². The van der Waals surface area contributed by atoms with Gasteiger partial charge in [-0.25, -0.2) is 9.59 Å². The van der Waals surface area contributed by atoms with Gasteiger partial charge in [-0.2, -0.15) is 19.2 Å². The van der Waals surface area contributed by atoms with Crippen molar-refractivity contribution in [3.63, 3.8) is 0 Å². The molecule has 3 aromatic carbocycles. The van der Waals surface area contributed by atoms with Gasteiger partial charge in [-0.05, 0) is 55.3 Å². The minimum atomic E-state index is -4.60. The van der Waals surface area contributed by atoms with E-state index < -0.39 is 20.1 Å². The molecule has 4 rings (SSSR count). The Kier molecular flexibility index (Phi) is 6.55. The summed E-state index contributed by atoms with van der Waals surface area (Å²) >= 11 is 0. The number of fused-ring (bicyclic) bond motifs is 2. The number of carbonyl (C=O) groups is 2. The summed E-state index contributed by atoms with van der Waals surface area (Å²) in [6.07, 6.45) is 0. The normalized spacial score (nSPS) is 11.5. The second-order valence-electron chi connectivity index (χ2n) is 8.23.